The summed E-state index contributed by atoms with van der Waals surface area (Å²) in [6.45, 7) is 3.40. The van der Waals surface area contributed by atoms with Gasteiger partial charge in [0.25, 0.3) is 0 Å². The van der Waals surface area contributed by atoms with E-state index in [-0.39, 0.29) is 0 Å². The Hall–Kier alpha value is -0.185. The molecule has 50 valence electrons. The summed E-state index contributed by atoms with van der Waals surface area (Å²) in [6, 6.07) is 0. The van der Waals surface area contributed by atoms with Gasteiger partial charge in [0.15, 0.2) is 0 Å². The van der Waals surface area contributed by atoms with Crippen LogP contribution < -0.4 is 0 Å². The van der Waals surface area contributed by atoms with Crippen LogP contribution in [0.15, 0.2) is 23.5 Å². The maximum absolute atomic E-state index is 8.55. The van der Waals surface area contributed by atoms with Crippen molar-refractivity contribution in [3.63, 3.8) is 0 Å². The van der Waals surface area contributed by atoms with E-state index in [1.807, 2.05) is 6.26 Å². The quantitative estimate of drug-likeness (QED) is 0.445. The average molecular weight is 144 g/mol. The van der Waals surface area contributed by atoms with Crippen LogP contribution in [0.25, 0.3) is 0 Å². The maximum Gasteiger partial charge on any atom is 0.488 e. The third kappa shape index (κ3) is 3.40. The molecule has 0 aliphatic rings. The summed E-state index contributed by atoms with van der Waals surface area (Å²) >= 11 is 1.41. The molecule has 4 heteroatoms. The molecule has 2 nitrogen and oxygen atoms in total. The summed E-state index contributed by atoms with van der Waals surface area (Å²) in [6.07, 6.45) is 3.26. The van der Waals surface area contributed by atoms with Gasteiger partial charge in [0.05, 0.1) is 0 Å². The zero-order valence-corrected chi connectivity index (χ0v) is 6.06. The smallest absolute Gasteiger partial charge is 0.423 e. The largest absolute Gasteiger partial charge is 0.488 e. The summed E-state index contributed by atoms with van der Waals surface area (Å²) in [5.74, 6) is 0. The van der Waals surface area contributed by atoms with Crippen molar-refractivity contribution >= 4 is 18.9 Å². The minimum atomic E-state index is -1.39. The molecule has 2 N–H and O–H groups in total. The van der Waals surface area contributed by atoms with Gasteiger partial charge in [0, 0.05) is 0 Å². The molecule has 0 saturated heterocycles. The third-order valence-electron chi connectivity index (χ3n) is 0.788. The first-order chi connectivity index (χ1) is 4.22. The average Bonchev–Trinajstić information content (AvgIpc) is 1.82. The van der Waals surface area contributed by atoms with Gasteiger partial charge >= 0.3 is 7.12 Å². The molecule has 0 aliphatic carbocycles. The van der Waals surface area contributed by atoms with E-state index in [0.29, 0.717) is 5.47 Å². The lowest BCUT2D eigenvalue weighted by Gasteiger charge is -1.95. The van der Waals surface area contributed by atoms with E-state index >= 15 is 0 Å². The molecular formula is C5H9BO2S. The Labute approximate surface area is 59.4 Å². The molecule has 0 fully saturated rings. The van der Waals surface area contributed by atoms with E-state index in [2.05, 4.69) is 6.58 Å². The summed E-state index contributed by atoms with van der Waals surface area (Å²) in [5, 5.41) is 18.7. The fraction of sp³-hybridized carbons (Fsp3) is 0.200. The lowest BCUT2D eigenvalue weighted by molar-refractivity contribution is 0.421. The first-order valence-corrected chi connectivity index (χ1v) is 3.72. The van der Waals surface area contributed by atoms with Gasteiger partial charge < -0.3 is 10.0 Å². The second kappa shape index (κ2) is 4.67. The van der Waals surface area contributed by atoms with E-state index < -0.39 is 7.12 Å². The Morgan fingerprint density at radius 1 is 1.67 bits per heavy atom. The van der Waals surface area contributed by atoms with Gasteiger partial charge in [-0.15, -0.1) is 11.8 Å². The van der Waals surface area contributed by atoms with Gasteiger partial charge in [0.2, 0.25) is 0 Å². The summed E-state index contributed by atoms with van der Waals surface area (Å²) in [5.41, 5.74) is 0.433. The van der Waals surface area contributed by atoms with Gasteiger partial charge in [-0.25, -0.2) is 0 Å². The van der Waals surface area contributed by atoms with Crippen molar-refractivity contribution in [2.45, 2.75) is 0 Å². The molecule has 0 saturated carbocycles. The van der Waals surface area contributed by atoms with Crippen molar-refractivity contribution in [1.82, 2.24) is 0 Å². The van der Waals surface area contributed by atoms with Crippen molar-refractivity contribution in [3.05, 3.63) is 23.5 Å². The van der Waals surface area contributed by atoms with Crippen LogP contribution in [-0.4, -0.2) is 23.4 Å². The van der Waals surface area contributed by atoms with Crippen LogP contribution in [-0.2, 0) is 0 Å². The molecule has 0 radical (unpaired) electrons. The Morgan fingerprint density at radius 3 is 2.33 bits per heavy atom. The fourth-order valence-electron chi connectivity index (χ4n) is 0.350. The number of allylic oxidation sites excluding steroid dienone is 2. The highest BCUT2D eigenvalue weighted by atomic mass is 32.2. The standard InChI is InChI=1S/C5H9BO2S/c1-3-5(4-9-2)6(7)8/h3-4,7-8H,1H2,2H3/b5-4+. The highest BCUT2D eigenvalue weighted by molar-refractivity contribution is 8.01. The summed E-state index contributed by atoms with van der Waals surface area (Å²) in [7, 11) is -1.39. The number of thioether (sulfide) groups is 1. The molecule has 0 atom stereocenters. The van der Waals surface area contributed by atoms with Gasteiger partial charge in [0.1, 0.15) is 0 Å². The molecular weight excluding hydrogens is 135 g/mol. The van der Waals surface area contributed by atoms with E-state index in [4.69, 9.17) is 10.0 Å². The number of hydrogen-bond donors (Lipinski definition) is 2. The first-order valence-electron chi connectivity index (χ1n) is 2.43. The van der Waals surface area contributed by atoms with Crippen molar-refractivity contribution in [3.8, 4) is 0 Å². The van der Waals surface area contributed by atoms with Crippen molar-refractivity contribution in [2.75, 3.05) is 6.26 Å². The molecule has 0 bridgehead atoms. The zero-order valence-electron chi connectivity index (χ0n) is 5.24. The Kier molecular flexibility index (Phi) is 4.57. The van der Waals surface area contributed by atoms with Crippen LogP contribution in [0, 0.1) is 0 Å². The minimum Gasteiger partial charge on any atom is -0.423 e. The second-order valence-electron chi connectivity index (χ2n) is 1.43. The molecule has 0 spiro atoms. The lowest BCUT2D eigenvalue weighted by atomic mass is 9.81. The van der Waals surface area contributed by atoms with Crippen LogP contribution in [0.1, 0.15) is 0 Å². The zero-order chi connectivity index (χ0) is 7.28. The first kappa shape index (κ1) is 8.81. The van der Waals surface area contributed by atoms with E-state index in [1.165, 1.54) is 17.8 Å². The van der Waals surface area contributed by atoms with E-state index in [0.717, 1.165) is 0 Å². The van der Waals surface area contributed by atoms with Crippen LogP contribution >= 0.6 is 11.8 Å². The fourth-order valence-corrected chi connectivity index (χ4v) is 0.841. The topological polar surface area (TPSA) is 40.5 Å². The van der Waals surface area contributed by atoms with Gasteiger partial charge in [-0.1, -0.05) is 12.7 Å². The SMILES string of the molecule is C=C/C(=C\SC)B(O)O. The number of hydrogen-bond acceptors (Lipinski definition) is 3. The highest BCUT2D eigenvalue weighted by Crippen LogP contribution is 2.04. The molecule has 0 unspecified atom stereocenters. The second-order valence-corrected chi connectivity index (χ2v) is 2.14. The molecule has 9 heavy (non-hydrogen) atoms. The van der Waals surface area contributed by atoms with Crippen LogP contribution in [0.2, 0.25) is 0 Å². The highest BCUT2D eigenvalue weighted by Gasteiger charge is 2.09. The molecule has 0 rings (SSSR count). The minimum absolute atomic E-state index is 0.433. The van der Waals surface area contributed by atoms with Gasteiger partial charge in [-0.3, -0.25) is 0 Å². The van der Waals surface area contributed by atoms with E-state index in [1.54, 1.807) is 5.41 Å². The predicted molar refractivity (Wildman–Crippen MR) is 42.0 cm³/mol. The van der Waals surface area contributed by atoms with Crippen LogP contribution in [0.5, 0.6) is 0 Å². The Bertz CT molecular complexity index is 122. The lowest BCUT2D eigenvalue weighted by Crippen LogP contribution is -2.12. The molecule has 0 amide bonds. The molecule has 0 aromatic heterocycles. The van der Waals surface area contributed by atoms with Gasteiger partial charge in [-0.2, -0.15) is 0 Å². The Balaban J connectivity index is 3.97. The molecule has 0 aromatic carbocycles. The number of rotatable bonds is 3. The third-order valence-corrected chi connectivity index (χ3v) is 1.30. The van der Waals surface area contributed by atoms with Crippen LogP contribution in [0.3, 0.4) is 0 Å². The molecule has 0 aromatic rings. The molecule has 0 heterocycles. The Morgan fingerprint density at radius 2 is 2.22 bits per heavy atom. The van der Waals surface area contributed by atoms with Crippen molar-refractivity contribution < 1.29 is 10.0 Å². The van der Waals surface area contributed by atoms with Gasteiger partial charge in [-0.05, 0) is 17.1 Å². The van der Waals surface area contributed by atoms with E-state index in [9.17, 15) is 0 Å². The normalized spacial score (nSPS) is 11.2. The summed E-state index contributed by atoms with van der Waals surface area (Å²) in [4.78, 5) is 0. The van der Waals surface area contributed by atoms with Crippen molar-refractivity contribution in [2.24, 2.45) is 0 Å². The molecule has 0 aliphatic heterocycles. The monoisotopic (exact) mass is 144 g/mol. The van der Waals surface area contributed by atoms with Crippen LogP contribution in [0.4, 0.5) is 0 Å². The predicted octanol–water partition coefficient (Wildman–Crippen LogP) is 0.431. The summed E-state index contributed by atoms with van der Waals surface area (Å²) < 4.78 is 0. The van der Waals surface area contributed by atoms with Crippen molar-refractivity contribution in [1.29, 1.82) is 0 Å². The maximum atomic E-state index is 8.55.